The molecule has 3 rings (SSSR count). The molecule has 0 fully saturated rings. The van der Waals surface area contributed by atoms with Gasteiger partial charge in [0, 0.05) is 11.7 Å². The number of aliphatic hydroxyl groups excluding tert-OH is 1. The van der Waals surface area contributed by atoms with E-state index < -0.39 is 42.8 Å². The molecule has 206 valence electrons. The minimum Gasteiger partial charge on any atom is -0.457 e. The highest BCUT2D eigenvalue weighted by Crippen LogP contribution is 2.25. The molecule has 2 unspecified atom stereocenters. The number of carbonyl (C=O) groups excluding carboxylic acids is 2. The first kappa shape index (κ1) is 29.1. The lowest BCUT2D eigenvalue weighted by Crippen LogP contribution is -2.46. The number of carbonyl (C=O) groups is 2. The van der Waals surface area contributed by atoms with Crippen LogP contribution in [0.2, 0.25) is 0 Å². The number of nitrogens with two attached hydrogens (primary N) is 1. The first-order chi connectivity index (χ1) is 18.5. The molecular formula is C27H27F3N4O5. The van der Waals surface area contributed by atoms with Crippen LogP contribution in [-0.4, -0.2) is 41.5 Å². The average molecular weight is 545 g/mol. The van der Waals surface area contributed by atoms with Crippen LogP contribution < -0.4 is 16.4 Å². The van der Waals surface area contributed by atoms with Crippen molar-refractivity contribution >= 4 is 23.7 Å². The number of rotatable bonds is 9. The fourth-order valence-corrected chi connectivity index (χ4v) is 3.47. The number of esters is 1. The van der Waals surface area contributed by atoms with E-state index in [1.54, 1.807) is 54.6 Å². The third kappa shape index (κ3) is 9.13. The van der Waals surface area contributed by atoms with Crippen molar-refractivity contribution in [2.45, 2.75) is 38.0 Å². The Hall–Kier alpha value is -4.42. The second kappa shape index (κ2) is 13.4. The minimum absolute atomic E-state index is 0.0178. The van der Waals surface area contributed by atoms with Gasteiger partial charge in [0.25, 0.3) is 0 Å². The van der Waals surface area contributed by atoms with E-state index in [4.69, 9.17) is 20.6 Å². The van der Waals surface area contributed by atoms with Crippen LogP contribution in [0.1, 0.15) is 27.0 Å². The van der Waals surface area contributed by atoms with Gasteiger partial charge in [0.05, 0.1) is 5.56 Å². The van der Waals surface area contributed by atoms with E-state index in [2.05, 4.69) is 10.6 Å². The summed E-state index contributed by atoms with van der Waals surface area (Å²) < 4.78 is 49.2. The molecule has 0 saturated carbocycles. The fraction of sp³-hybridized carbons (Fsp3) is 0.222. The predicted molar refractivity (Wildman–Crippen MR) is 137 cm³/mol. The molecule has 0 heterocycles. The molecule has 0 radical (unpaired) electrons. The number of alkyl halides is 3. The molecule has 0 aliphatic heterocycles. The van der Waals surface area contributed by atoms with Gasteiger partial charge in [0.2, 0.25) is 5.96 Å². The number of nitrogens with one attached hydrogen (secondary N) is 3. The van der Waals surface area contributed by atoms with Crippen molar-refractivity contribution in [1.29, 1.82) is 5.41 Å². The number of hydrogen-bond acceptors (Lipinski definition) is 7. The molecule has 0 bridgehead atoms. The molecule has 1 amide bonds. The van der Waals surface area contributed by atoms with Gasteiger partial charge < -0.3 is 25.6 Å². The Kier molecular flexibility index (Phi) is 10.0. The molecule has 0 aliphatic rings. The van der Waals surface area contributed by atoms with Gasteiger partial charge in [-0.25, -0.2) is 9.59 Å². The monoisotopic (exact) mass is 544 g/mol. The van der Waals surface area contributed by atoms with Crippen LogP contribution in [0.4, 0.5) is 23.7 Å². The van der Waals surface area contributed by atoms with Gasteiger partial charge >= 0.3 is 18.2 Å². The molecule has 39 heavy (non-hydrogen) atoms. The summed E-state index contributed by atoms with van der Waals surface area (Å²) in [7, 11) is 0. The summed E-state index contributed by atoms with van der Waals surface area (Å²) in [5, 5.41) is 22.3. The summed E-state index contributed by atoms with van der Waals surface area (Å²) in [5.41, 5.74) is 7.14. The Morgan fingerprint density at radius 2 is 1.49 bits per heavy atom. The fourth-order valence-electron chi connectivity index (χ4n) is 3.47. The molecule has 9 nitrogen and oxygen atoms in total. The Balaban J connectivity index is 1.71. The second-order valence-electron chi connectivity index (χ2n) is 8.47. The third-order valence-electron chi connectivity index (χ3n) is 5.45. The Morgan fingerprint density at radius 3 is 2.05 bits per heavy atom. The quantitative estimate of drug-likeness (QED) is 0.155. The van der Waals surface area contributed by atoms with Gasteiger partial charge in [-0.1, -0.05) is 66.7 Å². The Labute approximate surface area is 222 Å². The highest BCUT2D eigenvalue weighted by molar-refractivity contribution is 6.01. The molecule has 0 aromatic heterocycles. The Morgan fingerprint density at radius 1 is 0.923 bits per heavy atom. The van der Waals surface area contributed by atoms with Crippen LogP contribution >= 0.6 is 0 Å². The SMILES string of the molecule is N=C(NC(=O)OCc1ccccc1)Nc1ccc(CC(N)C(O)C(F)(F)F)c(C(=O)OCc2ccccc2)c1. The summed E-state index contributed by atoms with van der Waals surface area (Å²) >= 11 is 0. The van der Waals surface area contributed by atoms with E-state index in [0.717, 1.165) is 5.56 Å². The van der Waals surface area contributed by atoms with Crippen molar-refractivity contribution in [3.05, 3.63) is 101 Å². The molecule has 0 aliphatic carbocycles. The van der Waals surface area contributed by atoms with Crippen LogP contribution in [0.5, 0.6) is 0 Å². The zero-order valence-electron chi connectivity index (χ0n) is 20.6. The molecule has 0 spiro atoms. The lowest BCUT2D eigenvalue weighted by molar-refractivity contribution is -0.209. The standard InChI is InChI=1S/C27H27F3N4O5/c28-27(29,30)23(35)22(31)13-19-11-12-20(14-21(19)24(36)38-15-17-7-3-1-4-8-17)33-25(32)34-26(37)39-16-18-9-5-2-6-10-18/h1-12,14,22-23,35H,13,15-16,31H2,(H3,32,33,34,37). The number of aliphatic hydroxyl groups is 1. The summed E-state index contributed by atoms with van der Waals surface area (Å²) in [6.07, 6.45) is -9.13. The summed E-state index contributed by atoms with van der Waals surface area (Å²) in [6.45, 7) is -0.116. The zero-order chi connectivity index (χ0) is 28.4. The number of halogens is 3. The van der Waals surface area contributed by atoms with Gasteiger partial charge in [-0.2, -0.15) is 13.2 Å². The van der Waals surface area contributed by atoms with E-state index in [0.29, 0.717) is 5.56 Å². The van der Waals surface area contributed by atoms with Crippen LogP contribution in [0.15, 0.2) is 78.9 Å². The molecule has 3 aromatic rings. The molecular weight excluding hydrogens is 517 g/mol. The van der Waals surface area contributed by atoms with Crippen molar-refractivity contribution in [3.8, 4) is 0 Å². The number of hydrogen-bond donors (Lipinski definition) is 5. The number of ether oxygens (including phenoxy) is 2. The van der Waals surface area contributed by atoms with E-state index in [9.17, 15) is 27.9 Å². The van der Waals surface area contributed by atoms with Crippen LogP contribution in [0, 0.1) is 5.41 Å². The van der Waals surface area contributed by atoms with E-state index in [1.807, 2.05) is 6.07 Å². The zero-order valence-corrected chi connectivity index (χ0v) is 20.6. The molecule has 0 saturated heterocycles. The first-order valence-electron chi connectivity index (χ1n) is 11.7. The summed E-state index contributed by atoms with van der Waals surface area (Å²) in [5.74, 6) is -1.33. The maximum atomic E-state index is 12.9. The van der Waals surface area contributed by atoms with Gasteiger partial charge in [-0.3, -0.25) is 10.7 Å². The van der Waals surface area contributed by atoms with E-state index in [1.165, 1.54) is 18.2 Å². The summed E-state index contributed by atoms with van der Waals surface area (Å²) in [4.78, 5) is 24.9. The normalized spacial score (nSPS) is 12.6. The molecule has 12 heteroatoms. The van der Waals surface area contributed by atoms with Crippen molar-refractivity contribution in [2.75, 3.05) is 5.32 Å². The highest BCUT2D eigenvalue weighted by atomic mass is 19.4. The average Bonchev–Trinajstić information content (AvgIpc) is 2.91. The highest BCUT2D eigenvalue weighted by Gasteiger charge is 2.42. The van der Waals surface area contributed by atoms with Crippen LogP contribution in [0.25, 0.3) is 0 Å². The Bertz CT molecular complexity index is 1270. The number of guanidine groups is 1. The number of benzene rings is 3. The van der Waals surface area contributed by atoms with Crippen LogP contribution in [-0.2, 0) is 29.1 Å². The largest absolute Gasteiger partial charge is 0.457 e. The number of anilines is 1. The van der Waals surface area contributed by atoms with Crippen molar-refractivity contribution in [1.82, 2.24) is 5.32 Å². The maximum absolute atomic E-state index is 12.9. The lowest BCUT2D eigenvalue weighted by atomic mass is 9.96. The summed E-state index contributed by atoms with van der Waals surface area (Å²) in [6, 6.07) is 19.8. The number of alkyl carbamates (subject to hydrolysis) is 1. The van der Waals surface area contributed by atoms with Gasteiger partial charge in [0.1, 0.15) is 13.2 Å². The minimum atomic E-state index is -4.94. The van der Waals surface area contributed by atoms with Gasteiger partial charge in [-0.05, 0) is 35.2 Å². The van der Waals surface area contributed by atoms with Gasteiger partial charge in [-0.15, -0.1) is 0 Å². The molecule has 2 atom stereocenters. The molecule has 3 aromatic carbocycles. The van der Waals surface area contributed by atoms with Gasteiger partial charge in [0.15, 0.2) is 6.10 Å². The molecule has 6 N–H and O–H groups in total. The number of amides is 1. The van der Waals surface area contributed by atoms with Crippen molar-refractivity contribution < 1.29 is 37.3 Å². The predicted octanol–water partition coefficient (Wildman–Crippen LogP) is 4.11. The smallest absolute Gasteiger partial charge is 0.415 e. The van der Waals surface area contributed by atoms with E-state index >= 15 is 0 Å². The van der Waals surface area contributed by atoms with Crippen LogP contribution in [0.3, 0.4) is 0 Å². The maximum Gasteiger partial charge on any atom is 0.415 e. The third-order valence-corrected chi connectivity index (χ3v) is 5.45. The van der Waals surface area contributed by atoms with E-state index in [-0.39, 0.29) is 30.0 Å². The second-order valence-corrected chi connectivity index (χ2v) is 8.47. The van der Waals surface area contributed by atoms with Crippen molar-refractivity contribution in [3.63, 3.8) is 0 Å². The lowest BCUT2D eigenvalue weighted by Gasteiger charge is -2.22. The topological polar surface area (TPSA) is 147 Å². The first-order valence-corrected chi connectivity index (χ1v) is 11.7. The van der Waals surface area contributed by atoms with Crippen molar-refractivity contribution in [2.24, 2.45) is 5.73 Å².